The summed E-state index contributed by atoms with van der Waals surface area (Å²) in [5.41, 5.74) is 0. The summed E-state index contributed by atoms with van der Waals surface area (Å²) in [5.74, 6) is 2.89. The highest BCUT2D eigenvalue weighted by Gasteiger charge is 2.06. The van der Waals surface area contributed by atoms with Gasteiger partial charge in [0.25, 0.3) is 0 Å². The molecule has 0 N–H and O–H groups in total. The molecule has 138 valence electrons. The molecule has 3 atom stereocenters. The molecule has 6 nitrogen and oxygen atoms in total. The quantitative estimate of drug-likeness (QED) is 0.666. The van der Waals surface area contributed by atoms with Crippen molar-refractivity contribution in [3.8, 4) is 0 Å². The van der Waals surface area contributed by atoms with E-state index in [1.165, 1.54) is 0 Å². The lowest BCUT2D eigenvalue weighted by Gasteiger charge is -2.16. The van der Waals surface area contributed by atoms with Gasteiger partial charge in [0, 0.05) is 0 Å². The predicted octanol–water partition coefficient (Wildman–Crippen LogP) is 3.85. The maximum atomic E-state index is 5.05. The molecule has 6 heteroatoms. The fraction of sp³-hybridized carbons (Fsp3) is 0.667. The van der Waals surface area contributed by atoms with Crippen molar-refractivity contribution in [3.63, 3.8) is 0 Å². The van der Waals surface area contributed by atoms with Gasteiger partial charge in [-0.05, 0) is 59.8 Å². The van der Waals surface area contributed by atoms with Gasteiger partial charge in [-0.2, -0.15) is 0 Å². The molecule has 0 aromatic carbocycles. The fourth-order valence-corrected chi connectivity index (χ4v) is 1.98. The molecule has 3 rings (SSSR count). The summed E-state index contributed by atoms with van der Waals surface area (Å²) in [6.07, 6.45) is 6.52. The van der Waals surface area contributed by atoms with Crippen molar-refractivity contribution in [1.82, 2.24) is 0 Å². The molecule has 0 spiro atoms. The monoisotopic (exact) mass is 342 g/mol. The van der Waals surface area contributed by atoms with E-state index in [0.717, 1.165) is 17.3 Å². The van der Waals surface area contributed by atoms with Crippen LogP contribution in [-0.4, -0.2) is 38.7 Å². The maximum absolute atomic E-state index is 5.05. The van der Waals surface area contributed by atoms with E-state index in [1.54, 1.807) is 0 Å². The summed E-state index contributed by atoms with van der Waals surface area (Å²) in [7, 11) is 0. The zero-order valence-electron chi connectivity index (χ0n) is 15.5. The van der Waals surface area contributed by atoms with Gasteiger partial charge >= 0.3 is 0 Å². The van der Waals surface area contributed by atoms with Gasteiger partial charge in [0.1, 0.15) is 0 Å². The van der Waals surface area contributed by atoms with Gasteiger partial charge in [-0.15, -0.1) is 0 Å². The third kappa shape index (κ3) is 9.60. The van der Waals surface area contributed by atoms with Gasteiger partial charge in [0.2, 0.25) is 0 Å². The molecule has 3 unspecified atom stereocenters. The van der Waals surface area contributed by atoms with Crippen LogP contribution in [0.1, 0.15) is 41.5 Å². The van der Waals surface area contributed by atoms with Crippen molar-refractivity contribution in [2.75, 3.05) is 20.4 Å². The summed E-state index contributed by atoms with van der Waals surface area (Å²) in [6.45, 7) is 13.0. The Morgan fingerprint density at radius 2 is 0.833 bits per heavy atom. The topological polar surface area (TPSA) is 55.4 Å². The smallest absolute Gasteiger partial charge is 0.189 e. The highest BCUT2D eigenvalue weighted by atomic mass is 16.7. The Labute approximate surface area is 145 Å². The van der Waals surface area contributed by atoms with Crippen molar-refractivity contribution >= 4 is 0 Å². The minimum atomic E-state index is 0.226. The van der Waals surface area contributed by atoms with E-state index < -0.39 is 0 Å². The minimum Gasteiger partial charge on any atom is -0.472 e. The third-order valence-electron chi connectivity index (χ3n) is 3.26. The van der Waals surface area contributed by atoms with Crippen molar-refractivity contribution in [2.45, 2.75) is 59.9 Å². The van der Waals surface area contributed by atoms with Crippen LogP contribution in [0.3, 0.4) is 0 Å². The van der Waals surface area contributed by atoms with E-state index in [1.807, 2.05) is 59.8 Å². The molecule has 3 aliphatic heterocycles. The highest BCUT2D eigenvalue weighted by molar-refractivity contribution is 4.95. The first-order valence-corrected chi connectivity index (χ1v) is 8.15. The summed E-state index contributed by atoms with van der Waals surface area (Å²) in [6, 6.07) is 0. The van der Waals surface area contributed by atoms with E-state index in [9.17, 15) is 0 Å². The van der Waals surface area contributed by atoms with Crippen LogP contribution < -0.4 is 0 Å². The Bertz CT molecular complexity index is 388. The van der Waals surface area contributed by atoms with Crippen LogP contribution in [0.4, 0.5) is 0 Å². The second-order valence-corrected chi connectivity index (χ2v) is 5.73. The largest absolute Gasteiger partial charge is 0.472 e. The molecule has 3 heterocycles. The lowest BCUT2D eigenvalue weighted by atomic mass is 10.3. The van der Waals surface area contributed by atoms with Crippen molar-refractivity contribution in [2.24, 2.45) is 0 Å². The van der Waals surface area contributed by atoms with E-state index >= 15 is 0 Å². The molecule has 0 saturated heterocycles. The van der Waals surface area contributed by atoms with Crippen molar-refractivity contribution in [1.29, 1.82) is 0 Å². The van der Waals surface area contributed by atoms with Crippen LogP contribution in [0.5, 0.6) is 0 Å². The fourth-order valence-electron chi connectivity index (χ4n) is 1.98. The first kappa shape index (κ1) is 20.5. The van der Waals surface area contributed by atoms with Crippen LogP contribution in [-0.2, 0) is 28.4 Å². The summed E-state index contributed by atoms with van der Waals surface area (Å²) in [4.78, 5) is 0. The molecular weight excluding hydrogens is 312 g/mol. The molecule has 0 aromatic heterocycles. The van der Waals surface area contributed by atoms with Crippen LogP contribution in [0.25, 0.3) is 0 Å². The normalized spacial score (nSPS) is 28.8. The van der Waals surface area contributed by atoms with E-state index in [0.29, 0.717) is 20.4 Å². The average Bonchev–Trinajstić information content (AvgIpc) is 2.47. The van der Waals surface area contributed by atoms with Gasteiger partial charge in [-0.25, -0.2) is 0 Å². The first-order chi connectivity index (χ1) is 11.4. The molecular formula is C18H30O6. The second kappa shape index (κ2) is 11.1. The predicted molar refractivity (Wildman–Crippen MR) is 90.8 cm³/mol. The van der Waals surface area contributed by atoms with E-state index in [-0.39, 0.29) is 18.3 Å². The van der Waals surface area contributed by atoms with Crippen molar-refractivity contribution in [3.05, 3.63) is 35.5 Å². The van der Waals surface area contributed by atoms with Gasteiger partial charge in [-0.1, -0.05) is 0 Å². The Morgan fingerprint density at radius 1 is 0.583 bits per heavy atom. The Balaban J connectivity index is 0.000000180. The Morgan fingerprint density at radius 3 is 0.958 bits per heavy atom. The van der Waals surface area contributed by atoms with E-state index in [4.69, 9.17) is 28.4 Å². The molecule has 0 amide bonds. The van der Waals surface area contributed by atoms with Gasteiger partial charge in [0.15, 0.2) is 20.4 Å². The molecule has 0 aliphatic carbocycles. The minimum absolute atomic E-state index is 0.226. The van der Waals surface area contributed by atoms with Crippen LogP contribution >= 0.6 is 0 Å². The highest BCUT2D eigenvalue weighted by Crippen LogP contribution is 2.08. The third-order valence-corrected chi connectivity index (χ3v) is 3.26. The molecule has 0 saturated carbocycles. The molecule has 0 radical (unpaired) electrons. The molecule has 0 bridgehead atoms. The average molecular weight is 342 g/mol. The van der Waals surface area contributed by atoms with Crippen LogP contribution in [0.2, 0.25) is 0 Å². The summed E-state index contributed by atoms with van der Waals surface area (Å²) >= 11 is 0. The van der Waals surface area contributed by atoms with Gasteiger partial charge in [-0.3, -0.25) is 0 Å². The second-order valence-electron chi connectivity index (χ2n) is 5.73. The van der Waals surface area contributed by atoms with Gasteiger partial charge < -0.3 is 28.4 Å². The van der Waals surface area contributed by atoms with E-state index in [2.05, 4.69) is 0 Å². The van der Waals surface area contributed by atoms with Gasteiger partial charge in [0.05, 0.1) is 35.6 Å². The van der Waals surface area contributed by atoms with Crippen molar-refractivity contribution < 1.29 is 28.4 Å². The Kier molecular flexibility index (Phi) is 9.52. The summed E-state index contributed by atoms with van der Waals surface area (Å²) in [5, 5.41) is 0. The standard InChI is InChI=1S/3C6H10O2/c3*1-5-3-6(2)8-4-7-5/h3*3,5H,4H2,1-2H3. The molecule has 24 heavy (non-hydrogen) atoms. The number of allylic oxidation sites excluding steroid dienone is 3. The number of rotatable bonds is 0. The molecule has 0 aromatic rings. The SMILES string of the molecule is CC1=CC(C)OCO1.CC1=CC(C)OCO1.CC1=CC(C)OCO1. The van der Waals surface area contributed by atoms with Crippen LogP contribution in [0.15, 0.2) is 35.5 Å². The van der Waals surface area contributed by atoms with Crippen LogP contribution in [0, 0.1) is 0 Å². The zero-order chi connectivity index (χ0) is 17.9. The maximum Gasteiger partial charge on any atom is 0.189 e. The Hall–Kier alpha value is -1.50. The number of hydrogen-bond donors (Lipinski definition) is 0. The lowest BCUT2D eigenvalue weighted by molar-refractivity contribution is -0.0632. The number of hydrogen-bond acceptors (Lipinski definition) is 6. The first-order valence-electron chi connectivity index (χ1n) is 8.15. The molecule has 3 aliphatic rings. The lowest BCUT2D eigenvalue weighted by Crippen LogP contribution is -2.14. The summed E-state index contributed by atoms with van der Waals surface area (Å²) < 4.78 is 30.1. The zero-order valence-corrected chi connectivity index (χ0v) is 15.5. The number of ether oxygens (including phenoxy) is 6. The molecule has 0 fully saturated rings.